The van der Waals surface area contributed by atoms with Crippen LogP contribution in [0, 0.1) is 0 Å². The minimum Gasteiger partial charge on any atom is -0.355 e. The van der Waals surface area contributed by atoms with E-state index >= 15 is 0 Å². The van der Waals surface area contributed by atoms with E-state index in [1.807, 2.05) is 0 Å². The van der Waals surface area contributed by atoms with Gasteiger partial charge in [0.1, 0.15) is 0 Å². The third-order valence-electron chi connectivity index (χ3n) is 3.83. The monoisotopic (exact) mass is 409 g/mol. The van der Waals surface area contributed by atoms with Crippen LogP contribution in [0.15, 0.2) is 47.4 Å². The molecule has 2 aromatic rings. The lowest BCUT2D eigenvalue weighted by Gasteiger charge is -2.13. The van der Waals surface area contributed by atoms with Gasteiger partial charge < -0.3 is 10.6 Å². The number of halogens is 1. The van der Waals surface area contributed by atoms with Crippen LogP contribution in [0.5, 0.6) is 0 Å². The van der Waals surface area contributed by atoms with Crippen molar-refractivity contribution in [1.29, 1.82) is 0 Å². The van der Waals surface area contributed by atoms with Crippen molar-refractivity contribution in [3.05, 3.63) is 64.2 Å². The highest BCUT2D eigenvalue weighted by molar-refractivity contribution is 7.89. The number of hydrogen-bond acceptors (Lipinski definition) is 4. The highest BCUT2D eigenvalue weighted by Crippen LogP contribution is 2.22. The van der Waals surface area contributed by atoms with Crippen LogP contribution in [0.2, 0.25) is 5.02 Å². The Labute approximate surface area is 163 Å². The van der Waals surface area contributed by atoms with Crippen LogP contribution < -0.4 is 10.6 Å². The number of hydrogen-bond donors (Lipinski definition) is 2. The summed E-state index contributed by atoms with van der Waals surface area (Å²) in [6.07, 6.45) is 0. The van der Waals surface area contributed by atoms with E-state index in [0.717, 1.165) is 9.87 Å². The molecule has 2 N–H and O–H groups in total. The minimum atomic E-state index is -3.68. The zero-order valence-corrected chi connectivity index (χ0v) is 16.7. The Bertz CT molecular complexity index is 974. The van der Waals surface area contributed by atoms with Gasteiger partial charge in [0.05, 0.1) is 15.5 Å². The van der Waals surface area contributed by atoms with Crippen LogP contribution >= 0.6 is 11.6 Å². The molecule has 9 heteroatoms. The first-order chi connectivity index (χ1) is 12.7. The number of rotatable bonds is 6. The Balaban J connectivity index is 2.21. The summed E-state index contributed by atoms with van der Waals surface area (Å²) in [4.78, 5) is 24.1. The zero-order valence-electron chi connectivity index (χ0n) is 15.1. The van der Waals surface area contributed by atoms with Crippen molar-refractivity contribution in [3.8, 4) is 0 Å². The maximum atomic E-state index is 12.5. The van der Waals surface area contributed by atoms with Gasteiger partial charge in [-0.05, 0) is 35.9 Å². The molecule has 0 radical (unpaired) electrons. The average molecular weight is 410 g/mol. The van der Waals surface area contributed by atoms with E-state index in [0.29, 0.717) is 5.56 Å². The molecule has 0 saturated carbocycles. The number of benzene rings is 2. The van der Waals surface area contributed by atoms with E-state index < -0.39 is 15.9 Å². The summed E-state index contributed by atoms with van der Waals surface area (Å²) < 4.78 is 25.5. The molecular formula is C18H20ClN3O4S. The van der Waals surface area contributed by atoms with Crippen LogP contribution in [0.1, 0.15) is 26.3 Å². The SMILES string of the molecule is CNC(=O)c1cccc(CNC(=O)c2cc(S(=O)(=O)N(C)C)ccc2Cl)c1. The number of carbonyl (C=O) groups is 2. The molecule has 0 aliphatic heterocycles. The number of sulfonamides is 1. The summed E-state index contributed by atoms with van der Waals surface area (Å²) in [5, 5.41) is 5.36. The maximum absolute atomic E-state index is 12.5. The lowest BCUT2D eigenvalue weighted by Crippen LogP contribution is -2.25. The molecule has 0 fully saturated rings. The Morgan fingerprint density at radius 3 is 2.41 bits per heavy atom. The zero-order chi connectivity index (χ0) is 20.2. The van der Waals surface area contributed by atoms with Crippen molar-refractivity contribution in [3.63, 3.8) is 0 Å². The summed E-state index contributed by atoms with van der Waals surface area (Å²) in [6.45, 7) is 0.157. The van der Waals surface area contributed by atoms with Crippen molar-refractivity contribution >= 4 is 33.4 Å². The summed E-state index contributed by atoms with van der Waals surface area (Å²) in [7, 11) is 0.662. The summed E-state index contributed by atoms with van der Waals surface area (Å²) in [6, 6.07) is 10.8. The fraction of sp³-hybridized carbons (Fsp3) is 0.222. The first-order valence-electron chi connectivity index (χ1n) is 7.98. The Hall–Kier alpha value is -2.42. The third-order valence-corrected chi connectivity index (χ3v) is 5.97. The maximum Gasteiger partial charge on any atom is 0.253 e. The smallest absolute Gasteiger partial charge is 0.253 e. The largest absolute Gasteiger partial charge is 0.355 e. The quantitative estimate of drug-likeness (QED) is 0.761. The van der Waals surface area contributed by atoms with Gasteiger partial charge in [0.2, 0.25) is 10.0 Å². The molecule has 7 nitrogen and oxygen atoms in total. The standard InChI is InChI=1S/C18H20ClN3O4S/c1-20-17(23)13-6-4-5-12(9-13)11-21-18(24)15-10-14(7-8-16(15)19)27(25,26)22(2)3/h4-10H,11H2,1-3H3,(H,20,23)(H,21,24). The molecule has 2 rings (SSSR count). The van der Waals surface area contributed by atoms with Crippen LogP contribution in [0.3, 0.4) is 0 Å². The average Bonchev–Trinajstić information content (AvgIpc) is 2.65. The van der Waals surface area contributed by atoms with Gasteiger partial charge in [-0.2, -0.15) is 0 Å². The molecule has 2 amide bonds. The molecule has 0 atom stereocenters. The first kappa shape index (κ1) is 20.9. The molecule has 0 aromatic heterocycles. The molecule has 0 unspecified atom stereocenters. The van der Waals surface area contributed by atoms with E-state index in [4.69, 9.17) is 11.6 Å². The molecule has 0 aliphatic carbocycles. The van der Waals surface area contributed by atoms with Gasteiger partial charge in [-0.15, -0.1) is 0 Å². The van der Waals surface area contributed by atoms with Gasteiger partial charge in [-0.1, -0.05) is 23.7 Å². The van der Waals surface area contributed by atoms with E-state index in [1.165, 1.54) is 39.3 Å². The predicted molar refractivity (Wildman–Crippen MR) is 103 cm³/mol. The molecule has 0 heterocycles. The molecule has 0 saturated heterocycles. The first-order valence-corrected chi connectivity index (χ1v) is 9.80. The predicted octanol–water partition coefficient (Wildman–Crippen LogP) is 1.88. The van der Waals surface area contributed by atoms with Gasteiger partial charge in [0.15, 0.2) is 0 Å². The van der Waals surface area contributed by atoms with E-state index in [1.54, 1.807) is 24.3 Å². The van der Waals surface area contributed by atoms with Gasteiger partial charge in [0.25, 0.3) is 11.8 Å². The van der Waals surface area contributed by atoms with E-state index in [2.05, 4.69) is 10.6 Å². The van der Waals surface area contributed by atoms with Crippen LogP contribution in [-0.4, -0.2) is 45.7 Å². The van der Waals surface area contributed by atoms with Crippen LogP contribution in [-0.2, 0) is 16.6 Å². The molecule has 0 spiro atoms. The fourth-order valence-corrected chi connectivity index (χ4v) is 3.43. The summed E-state index contributed by atoms with van der Waals surface area (Å²) in [5.41, 5.74) is 1.25. The Kier molecular flexibility index (Phi) is 6.59. The summed E-state index contributed by atoms with van der Waals surface area (Å²) in [5.74, 6) is -0.742. The number of nitrogens with one attached hydrogen (secondary N) is 2. The molecule has 0 aliphatic rings. The lowest BCUT2D eigenvalue weighted by atomic mass is 10.1. The van der Waals surface area contributed by atoms with Gasteiger partial charge in [0, 0.05) is 33.3 Å². The topological polar surface area (TPSA) is 95.6 Å². The third kappa shape index (κ3) is 4.85. The van der Waals surface area contributed by atoms with E-state index in [-0.39, 0.29) is 27.9 Å². The molecule has 144 valence electrons. The minimum absolute atomic E-state index is 0.0244. The second kappa shape index (κ2) is 8.51. The van der Waals surface area contributed by atoms with E-state index in [9.17, 15) is 18.0 Å². The molecule has 27 heavy (non-hydrogen) atoms. The Morgan fingerprint density at radius 1 is 1.07 bits per heavy atom. The fourth-order valence-electron chi connectivity index (χ4n) is 2.29. The lowest BCUT2D eigenvalue weighted by molar-refractivity contribution is 0.0948. The van der Waals surface area contributed by atoms with Crippen molar-refractivity contribution in [2.75, 3.05) is 21.1 Å². The van der Waals surface area contributed by atoms with Gasteiger partial charge in [-0.3, -0.25) is 9.59 Å². The van der Waals surface area contributed by atoms with Crippen molar-refractivity contribution in [2.24, 2.45) is 0 Å². The molecule has 0 bridgehead atoms. The Morgan fingerprint density at radius 2 is 1.78 bits per heavy atom. The summed E-state index contributed by atoms with van der Waals surface area (Å²) >= 11 is 6.07. The van der Waals surface area contributed by atoms with Crippen LogP contribution in [0.25, 0.3) is 0 Å². The number of amides is 2. The van der Waals surface area contributed by atoms with Crippen molar-refractivity contribution in [1.82, 2.24) is 14.9 Å². The second-order valence-electron chi connectivity index (χ2n) is 5.89. The molecular weight excluding hydrogens is 390 g/mol. The highest BCUT2D eigenvalue weighted by atomic mass is 35.5. The van der Waals surface area contributed by atoms with Gasteiger partial charge in [-0.25, -0.2) is 12.7 Å². The highest BCUT2D eigenvalue weighted by Gasteiger charge is 2.20. The second-order valence-corrected chi connectivity index (χ2v) is 8.45. The normalized spacial score (nSPS) is 11.3. The van der Waals surface area contributed by atoms with Crippen LogP contribution in [0.4, 0.5) is 0 Å². The van der Waals surface area contributed by atoms with Crippen molar-refractivity contribution < 1.29 is 18.0 Å². The van der Waals surface area contributed by atoms with Gasteiger partial charge >= 0.3 is 0 Å². The van der Waals surface area contributed by atoms with Crippen molar-refractivity contribution in [2.45, 2.75) is 11.4 Å². The molecule has 2 aromatic carbocycles. The number of nitrogens with zero attached hydrogens (tertiary/aromatic N) is 1. The number of carbonyl (C=O) groups excluding carboxylic acids is 2.